The van der Waals surface area contributed by atoms with Crippen LogP contribution in [-0.2, 0) is 84.8 Å². The Morgan fingerprint density at radius 2 is 0.908 bits per heavy atom. The zero-order valence-corrected chi connectivity index (χ0v) is 61.5. The number of nitrogens with two attached hydrogens (primary N) is 4. The first-order valence-corrected chi connectivity index (χ1v) is 35.9. The molecule has 15 amide bonds. The third kappa shape index (κ3) is 27.0. The Bertz CT molecular complexity index is 4230. The molecule has 1 saturated heterocycles. The Kier molecular flexibility index (Phi) is 31.7. The van der Waals surface area contributed by atoms with Crippen LogP contribution in [0.5, 0.6) is 0 Å². The van der Waals surface area contributed by atoms with Crippen molar-refractivity contribution < 1.29 is 67.4 Å². The molecule has 1 fully saturated rings. The predicted octanol–water partition coefficient (Wildman–Crippen LogP) is 1.17. The third-order valence-corrected chi connectivity index (χ3v) is 18.1. The standard InChI is InChI=1S/C76H95ClN18O14/c1-42(2)34-56(65(99)87-55(16-10-32-83-74(79)80)73(107)95-33-11-17-63(95)72(106)84-43(3)64(78)98)88-66(100)59(38-48-23-30-54(31-24-48)86-75(81)108)90-68(102)60(39-47-21-28-53(29-22-47)85-44(4)97)92-71(105)62(41-96)93-69(103)57(36-45-12-6-5-7-13-45)89-67(101)58(37-46-19-26-52(77)27-20-46)91-70(104)61(94-76(82)109)40-49-18-25-50-14-8-9-15-51(50)35-49/h5-9,12-15,18-31,35,42-43,55-63,96H,10-11,16-17,32-34,36-41H2,1-4H3,(H2,78,98)(H,84,106)(H,85,97)(H,87,99)(H,88,100)(H,89,101)(H,90,102)(H,91,104)(H,92,105)(H,93,103)(H4,79,80,83)(H3,81,86,108)(H3,82,94,109)/t43-,55+,56+,57-,58-,59-,60+,61-,62+,63+/m1/s1. The zero-order chi connectivity index (χ0) is 79.4. The highest BCUT2D eigenvalue weighted by Crippen LogP contribution is 2.23. The number of rotatable bonds is 38. The number of nitrogens with zero attached hydrogens (tertiary/aromatic N) is 1. The molecular weight excluding hydrogens is 1420 g/mol. The number of guanidine groups is 1. The van der Waals surface area contributed by atoms with Gasteiger partial charge in [0.1, 0.15) is 60.4 Å². The van der Waals surface area contributed by atoms with Crippen molar-refractivity contribution in [2.45, 2.75) is 152 Å². The number of anilines is 2. The average Bonchev–Trinajstić information content (AvgIpc) is 1.72. The second-order valence-electron chi connectivity index (χ2n) is 27.0. The number of likely N-dealkylation sites (tertiary alicyclic amines) is 1. The summed E-state index contributed by atoms with van der Waals surface area (Å²) in [6.07, 6.45) is -0.433. The van der Waals surface area contributed by atoms with E-state index < -0.39 is 138 Å². The molecular formula is C76H95ClN18O14. The van der Waals surface area contributed by atoms with E-state index >= 15 is 9.59 Å². The minimum Gasteiger partial charge on any atom is -0.394 e. The molecule has 33 heteroatoms. The number of aliphatic hydroxyl groups excluding tert-OH is 1. The summed E-state index contributed by atoms with van der Waals surface area (Å²) in [5.41, 5.74) is 25.0. The number of halogens is 1. The van der Waals surface area contributed by atoms with Gasteiger partial charge in [0.2, 0.25) is 65.0 Å². The number of amides is 15. The molecule has 6 aromatic carbocycles. The lowest BCUT2D eigenvalue weighted by molar-refractivity contribution is -0.142. The summed E-state index contributed by atoms with van der Waals surface area (Å²) in [7, 11) is 0. The van der Waals surface area contributed by atoms with E-state index in [-0.39, 0.29) is 94.3 Å². The molecule has 0 aromatic heterocycles. The molecule has 1 heterocycles. The van der Waals surface area contributed by atoms with Gasteiger partial charge in [-0.05, 0) is 120 Å². The summed E-state index contributed by atoms with van der Waals surface area (Å²) < 4.78 is 0. The molecule has 0 bridgehead atoms. The first kappa shape index (κ1) is 84.1. The van der Waals surface area contributed by atoms with Crippen molar-refractivity contribution in [3.8, 4) is 0 Å². The lowest BCUT2D eigenvalue weighted by Gasteiger charge is -2.31. The van der Waals surface area contributed by atoms with Crippen LogP contribution in [-0.4, -0.2) is 173 Å². The van der Waals surface area contributed by atoms with Gasteiger partial charge in [-0.25, -0.2) is 9.59 Å². The van der Waals surface area contributed by atoms with Gasteiger partial charge in [0.15, 0.2) is 5.96 Å². The van der Waals surface area contributed by atoms with E-state index in [1.165, 1.54) is 55.1 Å². The predicted molar refractivity (Wildman–Crippen MR) is 408 cm³/mol. The quantitative estimate of drug-likeness (QED) is 0.0147. The Morgan fingerprint density at radius 1 is 0.486 bits per heavy atom. The van der Waals surface area contributed by atoms with Crippen molar-refractivity contribution in [1.82, 2.24) is 58.1 Å². The number of aliphatic hydroxyl groups is 1. The molecule has 580 valence electrons. The molecule has 32 nitrogen and oxygen atoms in total. The normalized spacial score (nSPS) is 14.9. The minimum atomic E-state index is -1.87. The van der Waals surface area contributed by atoms with Crippen LogP contribution in [0.3, 0.4) is 0 Å². The summed E-state index contributed by atoms with van der Waals surface area (Å²) in [4.78, 5) is 182. The van der Waals surface area contributed by atoms with E-state index in [1.54, 1.807) is 86.6 Å². The van der Waals surface area contributed by atoms with Crippen molar-refractivity contribution in [2.24, 2.45) is 28.9 Å². The van der Waals surface area contributed by atoms with E-state index in [9.17, 15) is 57.8 Å². The van der Waals surface area contributed by atoms with Gasteiger partial charge in [0, 0.05) is 68.5 Å². The van der Waals surface area contributed by atoms with Crippen molar-refractivity contribution >= 4 is 117 Å². The van der Waals surface area contributed by atoms with E-state index in [4.69, 9.17) is 39.9 Å². The SMILES string of the molecule is CC(=O)Nc1ccc(C[C@H](NC(=O)[C@H](CO)NC(=O)[C@@H](Cc2ccccc2)NC(=O)[C@@H](Cc2ccc(Cl)cc2)NC(=O)[C@@H](Cc2ccc3ccccc3c2)NC(N)=O)C(=O)N[C@H](Cc2ccc(NC(N)=O)cc2)C(=O)N[C@@H](CC(C)C)C(=O)N[C@@H](CCCNC(=N)N)C(=O)N2CCC[C@H]2C(=O)N[C@H](C)C(N)=O)cc1. The summed E-state index contributed by atoms with van der Waals surface area (Å²) >= 11 is 6.24. The smallest absolute Gasteiger partial charge is 0.316 e. The highest BCUT2D eigenvalue weighted by atomic mass is 35.5. The number of urea groups is 2. The lowest BCUT2D eigenvalue weighted by Crippen LogP contribution is -2.62. The topological polar surface area (TPSA) is 518 Å². The van der Waals surface area contributed by atoms with Crippen LogP contribution < -0.4 is 86.7 Å². The van der Waals surface area contributed by atoms with Crippen molar-refractivity contribution in [1.29, 1.82) is 5.41 Å². The zero-order valence-electron chi connectivity index (χ0n) is 60.8. The highest BCUT2D eigenvalue weighted by molar-refractivity contribution is 6.30. The number of nitrogens with one attached hydrogen (secondary N) is 13. The molecule has 0 radical (unpaired) electrons. The fourth-order valence-corrected chi connectivity index (χ4v) is 12.4. The molecule has 109 heavy (non-hydrogen) atoms. The summed E-state index contributed by atoms with van der Waals surface area (Å²) in [6, 6.07) is 23.7. The minimum absolute atomic E-state index is 0.0417. The van der Waals surface area contributed by atoms with E-state index in [1.807, 2.05) is 36.4 Å². The first-order chi connectivity index (χ1) is 51.9. The van der Waals surface area contributed by atoms with Crippen LogP contribution in [0.4, 0.5) is 21.0 Å². The maximum Gasteiger partial charge on any atom is 0.316 e. The van der Waals surface area contributed by atoms with Gasteiger partial charge in [-0.15, -0.1) is 0 Å². The van der Waals surface area contributed by atoms with Crippen LogP contribution in [0.25, 0.3) is 10.8 Å². The van der Waals surface area contributed by atoms with Crippen molar-refractivity contribution in [3.63, 3.8) is 0 Å². The summed E-state index contributed by atoms with van der Waals surface area (Å²) in [5, 5.41) is 52.4. The molecule has 0 unspecified atom stereocenters. The maximum atomic E-state index is 15.3. The Morgan fingerprint density at radius 3 is 1.39 bits per heavy atom. The number of carbonyl (C=O) groups excluding carboxylic acids is 13. The van der Waals surface area contributed by atoms with E-state index in [2.05, 4.69) is 63.8 Å². The van der Waals surface area contributed by atoms with E-state index in [0.717, 1.165) is 10.8 Å². The number of carbonyl (C=O) groups is 13. The van der Waals surface area contributed by atoms with Gasteiger partial charge in [-0.3, -0.25) is 58.1 Å². The Hall–Kier alpha value is -12.2. The molecule has 1 aliphatic rings. The van der Waals surface area contributed by atoms with Gasteiger partial charge in [0.05, 0.1) is 6.61 Å². The average molecular weight is 1520 g/mol. The van der Waals surface area contributed by atoms with Crippen molar-refractivity contribution in [2.75, 3.05) is 30.3 Å². The van der Waals surface area contributed by atoms with Crippen LogP contribution in [0.15, 0.2) is 146 Å². The number of hydrogen-bond acceptors (Lipinski definition) is 15. The molecule has 22 N–H and O–H groups in total. The molecule has 7 rings (SSSR count). The number of hydrogen-bond donors (Lipinski definition) is 18. The maximum absolute atomic E-state index is 15.3. The molecule has 0 saturated carbocycles. The van der Waals surface area contributed by atoms with Gasteiger partial charge in [0.25, 0.3) is 0 Å². The Balaban J connectivity index is 1.18. The fraction of sp³-hybridized carbons (Fsp3) is 0.368. The second kappa shape index (κ2) is 41.1. The van der Waals surface area contributed by atoms with E-state index in [0.29, 0.717) is 44.9 Å². The van der Waals surface area contributed by atoms with Gasteiger partial charge in [-0.2, -0.15) is 0 Å². The van der Waals surface area contributed by atoms with Gasteiger partial charge >= 0.3 is 12.1 Å². The third-order valence-electron chi connectivity index (χ3n) is 17.8. The molecule has 0 aliphatic carbocycles. The fourth-order valence-electron chi connectivity index (χ4n) is 12.3. The van der Waals surface area contributed by atoms with Crippen LogP contribution in [0.1, 0.15) is 87.6 Å². The van der Waals surface area contributed by atoms with Crippen LogP contribution in [0.2, 0.25) is 5.02 Å². The molecule has 1 aliphatic heterocycles. The van der Waals surface area contributed by atoms with Crippen molar-refractivity contribution in [3.05, 3.63) is 178 Å². The van der Waals surface area contributed by atoms with Gasteiger partial charge < -0.3 is 96.7 Å². The summed E-state index contributed by atoms with van der Waals surface area (Å²) in [5.74, 6) is -9.85. The number of benzene rings is 6. The largest absolute Gasteiger partial charge is 0.394 e. The highest BCUT2D eigenvalue weighted by Gasteiger charge is 2.40. The number of fused-ring (bicyclic) bond motifs is 1. The molecule has 0 spiro atoms. The van der Waals surface area contributed by atoms with Gasteiger partial charge in [-0.1, -0.05) is 135 Å². The summed E-state index contributed by atoms with van der Waals surface area (Å²) in [6.45, 7) is 5.33. The monoisotopic (exact) mass is 1520 g/mol. The lowest BCUT2D eigenvalue weighted by atomic mass is 9.99. The first-order valence-electron chi connectivity index (χ1n) is 35.5. The number of primary amides is 3. The second-order valence-corrected chi connectivity index (χ2v) is 27.4. The Labute approximate surface area is 634 Å². The molecule has 6 aromatic rings. The van der Waals surface area contributed by atoms with Crippen LogP contribution in [0, 0.1) is 11.3 Å². The molecule has 10 atom stereocenters. The van der Waals surface area contributed by atoms with Crippen LogP contribution >= 0.6 is 11.6 Å².